The van der Waals surface area contributed by atoms with Gasteiger partial charge in [0.25, 0.3) is 0 Å². The SMILES string of the molecule is CC(CNC1CC1)CN1CC(C)CC(C)C1. The summed E-state index contributed by atoms with van der Waals surface area (Å²) >= 11 is 0. The highest BCUT2D eigenvalue weighted by Gasteiger charge is 2.24. The van der Waals surface area contributed by atoms with E-state index in [1.807, 2.05) is 0 Å². The van der Waals surface area contributed by atoms with Crippen LogP contribution in [0.25, 0.3) is 0 Å². The second kappa shape index (κ2) is 5.50. The highest BCUT2D eigenvalue weighted by atomic mass is 15.1. The van der Waals surface area contributed by atoms with Crippen LogP contribution in [-0.2, 0) is 0 Å². The Hall–Kier alpha value is -0.0800. The van der Waals surface area contributed by atoms with Crippen molar-refractivity contribution < 1.29 is 0 Å². The molecule has 0 spiro atoms. The van der Waals surface area contributed by atoms with Crippen LogP contribution in [0.15, 0.2) is 0 Å². The lowest BCUT2D eigenvalue weighted by atomic mass is 9.91. The van der Waals surface area contributed by atoms with Gasteiger partial charge in [-0.15, -0.1) is 0 Å². The van der Waals surface area contributed by atoms with Gasteiger partial charge in [-0.3, -0.25) is 0 Å². The van der Waals surface area contributed by atoms with E-state index < -0.39 is 0 Å². The summed E-state index contributed by atoms with van der Waals surface area (Å²) < 4.78 is 0. The molecule has 1 heterocycles. The van der Waals surface area contributed by atoms with E-state index in [0.717, 1.165) is 23.8 Å². The molecule has 2 fully saturated rings. The van der Waals surface area contributed by atoms with Crippen molar-refractivity contribution >= 4 is 0 Å². The predicted molar refractivity (Wildman–Crippen MR) is 69.6 cm³/mol. The molecule has 94 valence electrons. The van der Waals surface area contributed by atoms with E-state index in [2.05, 4.69) is 31.0 Å². The molecule has 2 aliphatic rings. The summed E-state index contributed by atoms with van der Waals surface area (Å²) in [6.07, 6.45) is 4.24. The average Bonchev–Trinajstić information content (AvgIpc) is 2.96. The monoisotopic (exact) mass is 224 g/mol. The topological polar surface area (TPSA) is 15.3 Å². The zero-order chi connectivity index (χ0) is 11.5. The Labute approximate surface area is 101 Å². The standard InChI is InChI=1S/C14H28N2/c1-11-6-12(2)9-16(8-11)10-13(3)7-15-14-4-5-14/h11-15H,4-10H2,1-3H3. The third kappa shape index (κ3) is 4.06. The maximum Gasteiger partial charge on any atom is 0.00683 e. The number of piperidine rings is 1. The third-order valence-electron chi connectivity index (χ3n) is 3.85. The molecule has 3 atom stereocenters. The summed E-state index contributed by atoms with van der Waals surface area (Å²) in [4.78, 5) is 2.68. The minimum atomic E-state index is 0.804. The maximum absolute atomic E-state index is 3.64. The molecule has 0 amide bonds. The number of rotatable bonds is 5. The molecule has 0 radical (unpaired) electrons. The van der Waals surface area contributed by atoms with Gasteiger partial charge in [0.05, 0.1) is 0 Å². The molecule has 1 saturated carbocycles. The van der Waals surface area contributed by atoms with Gasteiger partial charge in [-0.2, -0.15) is 0 Å². The zero-order valence-electron chi connectivity index (χ0n) is 11.2. The van der Waals surface area contributed by atoms with Crippen molar-refractivity contribution in [3.63, 3.8) is 0 Å². The van der Waals surface area contributed by atoms with Gasteiger partial charge in [-0.1, -0.05) is 20.8 Å². The number of likely N-dealkylation sites (tertiary alicyclic amines) is 1. The van der Waals surface area contributed by atoms with Gasteiger partial charge >= 0.3 is 0 Å². The maximum atomic E-state index is 3.64. The first-order chi connectivity index (χ1) is 7.63. The minimum absolute atomic E-state index is 0.804. The molecule has 3 unspecified atom stereocenters. The Morgan fingerprint density at radius 3 is 2.38 bits per heavy atom. The Morgan fingerprint density at radius 2 is 1.81 bits per heavy atom. The Bertz CT molecular complexity index is 203. The molecule has 2 rings (SSSR count). The highest BCUT2D eigenvalue weighted by molar-refractivity contribution is 4.82. The number of hydrogen-bond acceptors (Lipinski definition) is 2. The summed E-state index contributed by atoms with van der Waals surface area (Å²) in [7, 11) is 0. The van der Waals surface area contributed by atoms with Gasteiger partial charge in [0.15, 0.2) is 0 Å². The fourth-order valence-electron chi connectivity index (χ4n) is 3.10. The van der Waals surface area contributed by atoms with Gasteiger partial charge in [0.2, 0.25) is 0 Å². The quantitative estimate of drug-likeness (QED) is 0.771. The van der Waals surface area contributed by atoms with Crippen molar-refractivity contribution in [1.29, 1.82) is 0 Å². The van der Waals surface area contributed by atoms with Crippen LogP contribution in [0, 0.1) is 17.8 Å². The van der Waals surface area contributed by atoms with Crippen molar-refractivity contribution in [3.05, 3.63) is 0 Å². The summed E-state index contributed by atoms with van der Waals surface area (Å²) in [5.74, 6) is 2.60. The molecular weight excluding hydrogens is 196 g/mol. The Morgan fingerprint density at radius 1 is 1.19 bits per heavy atom. The Balaban J connectivity index is 1.66. The fraction of sp³-hybridized carbons (Fsp3) is 1.00. The van der Waals surface area contributed by atoms with E-state index >= 15 is 0 Å². The molecule has 0 aromatic heterocycles. The van der Waals surface area contributed by atoms with Gasteiger partial charge in [-0.05, 0) is 43.6 Å². The van der Waals surface area contributed by atoms with E-state index in [9.17, 15) is 0 Å². The van der Waals surface area contributed by atoms with Crippen LogP contribution in [0.3, 0.4) is 0 Å². The summed E-state index contributed by atoms with van der Waals surface area (Å²) in [6.45, 7) is 12.3. The van der Waals surface area contributed by atoms with E-state index in [-0.39, 0.29) is 0 Å². The average molecular weight is 224 g/mol. The van der Waals surface area contributed by atoms with E-state index in [1.54, 1.807) is 0 Å². The van der Waals surface area contributed by atoms with E-state index in [1.165, 1.54) is 45.4 Å². The zero-order valence-corrected chi connectivity index (χ0v) is 11.2. The molecule has 0 aromatic carbocycles. The first-order valence-corrected chi connectivity index (χ1v) is 7.09. The number of nitrogens with zero attached hydrogens (tertiary/aromatic N) is 1. The van der Waals surface area contributed by atoms with Crippen LogP contribution in [0.2, 0.25) is 0 Å². The number of hydrogen-bond donors (Lipinski definition) is 1. The van der Waals surface area contributed by atoms with Crippen LogP contribution < -0.4 is 5.32 Å². The highest BCUT2D eigenvalue weighted by Crippen LogP contribution is 2.22. The van der Waals surface area contributed by atoms with Crippen LogP contribution in [0.5, 0.6) is 0 Å². The van der Waals surface area contributed by atoms with Crippen LogP contribution in [0.4, 0.5) is 0 Å². The van der Waals surface area contributed by atoms with Gasteiger partial charge in [-0.25, -0.2) is 0 Å². The van der Waals surface area contributed by atoms with Gasteiger partial charge in [0.1, 0.15) is 0 Å². The molecule has 0 aromatic rings. The minimum Gasteiger partial charge on any atom is -0.314 e. The Kier molecular flexibility index (Phi) is 4.26. The molecule has 1 aliphatic heterocycles. The lowest BCUT2D eigenvalue weighted by molar-refractivity contribution is 0.124. The van der Waals surface area contributed by atoms with Crippen LogP contribution >= 0.6 is 0 Å². The van der Waals surface area contributed by atoms with Crippen molar-refractivity contribution in [3.8, 4) is 0 Å². The van der Waals surface area contributed by atoms with Crippen molar-refractivity contribution in [2.24, 2.45) is 17.8 Å². The van der Waals surface area contributed by atoms with Crippen LogP contribution in [-0.4, -0.2) is 37.1 Å². The predicted octanol–water partition coefficient (Wildman–Crippen LogP) is 2.35. The third-order valence-corrected chi connectivity index (χ3v) is 3.85. The van der Waals surface area contributed by atoms with Crippen molar-refractivity contribution in [1.82, 2.24) is 10.2 Å². The van der Waals surface area contributed by atoms with Crippen molar-refractivity contribution in [2.45, 2.75) is 46.1 Å². The molecule has 1 saturated heterocycles. The lowest BCUT2D eigenvalue weighted by Crippen LogP contribution is -2.42. The molecule has 0 bridgehead atoms. The van der Waals surface area contributed by atoms with Crippen molar-refractivity contribution in [2.75, 3.05) is 26.2 Å². The van der Waals surface area contributed by atoms with Crippen LogP contribution in [0.1, 0.15) is 40.0 Å². The molecule has 1 N–H and O–H groups in total. The first kappa shape index (κ1) is 12.4. The summed E-state index contributed by atoms with van der Waals surface area (Å²) in [5.41, 5.74) is 0. The summed E-state index contributed by atoms with van der Waals surface area (Å²) in [5, 5.41) is 3.64. The van der Waals surface area contributed by atoms with E-state index in [4.69, 9.17) is 0 Å². The second-order valence-corrected chi connectivity index (χ2v) is 6.45. The molecule has 2 nitrogen and oxygen atoms in total. The van der Waals surface area contributed by atoms with Gasteiger partial charge < -0.3 is 10.2 Å². The molecule has 16 heavy (non-hydrogen) atoms. The second-order valence-electron chi connectivity index (χ2n) is 6.45. The molecular formula is C14H28N2. The molecule has 1 aliphatic carbocycles. The largest absolute Gasteiger partial charge is 0.314 e. The van der Waals surface area contributed by atoms with Gasteiger partial charge in [0, 0.05) is 25.7 Å². The lowest BCUT2D eigenvalue weighted by Gasteiger charge is -2.36. The van der Waals surface area contributed by atoms with E-state index in [0.29, 0.717) is 0 Å². The fourth-order valence-corrected chi connectivity index (χ4v) is 3.10. The number of nitrogens with one attached hydrogen (secondary N) is 1. The summed E-state index contributed by atoms with van der Waals surface area (Å²) in [6, 6.07) is 0.863. The first-order valence-electron chi connectivity index (χ1n) is 7.09. The normalized spacial score (nSPS) is 33.9. The smallest absolute Gasteiger partial charge is 0.00683 e. The molecule has 2 heteroatoms.